The molecule has 0 atom stereocenters. The molecule has 0 aliphatic rings. The number of carbonyl (C=O) groups is 1. The lowest BCUT2D eigenvalue weighted by Gasteiger charge is -2.09. The Kier molecular flexibility index (Phi) is 10.8. The van der Waals surface area contributed by atoms with Crippen LogP contribution in [-0.2, 0) is 14.3 Å². The molecule has 6 heteroatoms. The third-order valence-electron chi connectivity index (χ3n) is 3.48. The molecule has 5 nitrogen and oxygen atoms in total. The molecule has 1 aromatic rings. The molecule has 0 bridgehead atoms. The predicted molar refractivity (Wildman–Crippen MR) is 96.8 cm³/mol. The van der Waals surface area contributed by atoms with Gasteiger partial charge in [0, 0.05) is 44.8 Å². The lowest BCUT2D eigenvalue weighted by atomic mass is 10.1. The Hall–Kier alpha value is -1.66. The van der Waals surface area contributed by atoms with Gasteiger partial charge in [-0.05, 0) is 25.5 Å². The molecule has 0 aliphatic carbocycles. The fourth-order valence-electron chi connectivity index (χ4n) is 1.97. The molecule has 0 aliphatic heterocycles. The van der Waals surface area contributed by atoms with Crippen LogP contribution in [0, 0.1) is 11.7 Å². The number of hydrogen-bond donors (Lipinski definition) is 1. The highest BCUT2D eigenvalue weighted by Gasteiger charge is 2.06. The maximum absolute atomic E-state index is 13.7. The van der Waals surface area contributed by atoms with Crippen LogP contribution in [0.1, 0.15) is 33.6 Å². The predicted octanol–water partition coefficient (Wildman–Crippen LogP) is 3.67. The number of hydrogen-bond acceptors (Lipinski definition) is 5. The van der Waals surface area contributed by atoms with Crippen LogP contribution in [0.2, 0.25) is 0 Å². The van der Waals surface area contributed by atoms with E-state index in [1.807, 2.05) is 20.8 Å². The molecule has 0 heterocycles. The van der Waals surface area contributed by atoms with Gasteiger partial charge in [0.05, 0.1) is 12.3 Å². The maximum atomic E-state index is 13.7. The summed E-state index contributed by atoms with van der Waals surface area (Å²) in [6.07, 6.45) is 1.48. The third-order valence-corrected chi connectivity index (χ3v) is 3.48. The minimum atomic E-state index is -0.313. The number of benzene rings is 1. The van der Waals surface area contributed by atoms with Crippen molar-refractivity contribution in [3.05, 3.63) is 24.0 Å². The summed E-state index contributed by atoms with van der Waals surface area (Å²) in [4.78, 5) is 11.3. The number of ketones is 1. The zero-order valence-electron chi connectivity index (χ0n) is 15.5. The smallest absolute Gasteiger partial charge is 0.160 e. The molecule has 0 radical (unpaired) electrons. The first-order valence-corrected chi connectivity index (χ1v) is 8.89. The quantitative estimate of drug-likeness (QED) is 0.516. The minimum Gasteiger partial charge on any atom is -0.493 e. The monoisotopic (exact) mass is 355 g/mol. The summed E-state index contributed by atoms with van der Waals surface area (Å²) in [7, 11) is 0. The van der Waals surface area contributed by atoms with E-state index in [1.54, 1.807) is 12.1 Å². The third kappa shape index (κ3) is 9.41. The van der Waals surface area contributed by atoms with Crippen LogP contribution in [-0.4, -0.2) is 45.4 Å². The van der Waals surface area contributed by atoms with Crippen molar-refractivity contribution in [2.45, 2.75) is 33.6 Å². The summed E-state index contributed by atoms with van der Waals surface area (Å²) in [6.45, 7) is 8.64. The fraction of sp³-hybridized carbons (Fsp3) is 0.632. The van der Waals surface area contributed by atoms with Crippen molar-refractivity contribution in [3.8, 4) is 5.75 Å². The number of rotatable bonds is 14. The van der Waals surface area contributed by atoms with Crippen molar-refractivity contribution < 1.29 is 23.4 Å². The van der Waals surface area contributed by atoms with Crippen molar-refractivity contribution in [1.82, 2.24) is 0 Å². The van der Waals surface area contributed by atoms with Gasteiger partial charge < -0.3 is 19.5 Å². The maximum Gasteiger partial charge on any atom is 0.160 e. The number of anilines is 1. The van der Waals surface area contributed by atoms with Gasteiger partial charge in [-0.1, -0.05) is 13.8 Å². The molecular weight excluding hydrogens is 325 g/mol. The summed E-state index contributed by atoms with van der Waals surface area (Å²) >= 11 is 0. The Morgan fingerprint density at radius 3 is 2.44 bits per heavy atom. The number of halogens is 1. The Bertz CT molecular complexity index is 508. The molecule has 142 valence electrons. The lowest BCUT2D eigenvalue weighted by molar-refractivity contribution is -0.126. The second-order valence-corrected chi connectivity index (χ2v) is 6.01. The van der Waals surface area contributed by atoms with Gasteiger partial charge >= 0.3 is 0 Å². The summed E-state index contributed by atoms with van der Waals surface area (Å²) in [6, 6.07) is 4.81. The van der Waals surface area contributed by atoms with E-state index in [0.717, 1.165) is 12.8 Å². The van der Waals surface area contributed by atoms with Gasteiger partial charge in [0.25, 0.3) is 0 Å². The Balaban J connectivity index is 2.00. The molecule has 0 unspecified atom stereocenters. The van der Waals surface area contributed by atoms with E-state index >= 15 is 0 Å². The first-order chi connectivity index (χ1) is 12.0. The van der Waals surface area contributed by atoms with E-state index in [1.165, 1.54) is 6.07 Å². The number of Topliss-reactive ketones (excluding diaryl/α,β-unsaturated/α-hetero) is 1. The first kappa shape index (κ1) is 21.4. The normalized spacial score (nSPS) is 10.9. The Morgan fingerprint density at radius 2 is 1.80 bits per heavy atom. The highest BCUT2D eigenvalue weighted by molar-refractivity contribution is 5.81. The summed E-state index contributed by atoms with van der Waals surface area (Å²) in [5.74, 6) is 0.339. The van der Waals surface area contributed by atoms with Crippen LogP contribution in [0.5, 0.6) is 5.75 Å². The second kappa shape index (κ2) is 12.7. The van der Waals surface area contributed by atoms with Crippen LogP contribution in [0.25, 0.3) is 0 Å². The molecule has 0 aromatic heterocycles. The van der Waals surface area contributed by atoms with Crippen molar-refractivity contribution in [1.29, 1.82) is 0 Å². The van der Waals surface area contributed by atoms with Gasteiger partial charge in [0.15, 0.2) is 5.78 Å². The SMILES string of the molecule is CCNc1ccc(OCCCOCCCOCC(=O)C(C)C)cc1F. The molecule has 0 amide bonds. The molecule has 0 saturated heterocycles. The van der Waals surface area contributed by atoms with Crippen LogP contribution in [0.4, 0.5) is 10.1 Å². The molecule has 0 fully saturated rings. The van der Waals surface area contributed by atoms with Gasteiger partial charge in [0.2, 0.25) is 0 Å². The fourth-order valence-corrected chi connectivity index (χ4v) is 1.97. The molecular formula is C19H30FNO4. The summed E-state index contributed by atoms with van der Waals surface area (Å²) in [5, 5.41) is 2.94. The van der Waals surface area contributed by atoms with Crippen LogP contribution in [0.3, 0.4) is 0 Å². The molecule has 1 N–H and O–H groups in total. The van der Waals surface area contributed by atoms with E-state index in [2.05, 4.69) is 5.32 Å². The number of carbonyl (C=O) groups excluding carboxylic acids is 1. The van der Waals surface area contributed by atoms with Gasteiger partial charge in [-0.15, -0.1) is 0 Å². The van der Waals surface area contributed by atoms with Gasteiger partial charge in [-0.2, -0.15) is 0 Å². The van der Waals surface area contributed by atoms with Gasteiger partial charge in [-0.3, -0.25) is 4.79 Å². The molecule has 0 saturated carbocycles. The average molecular weight is 355 g/mol. The Morgan fingerprint density at radius 1 is 1.12 bits per heavy atom. The van der Waals surface area contributed by atoms with Gasteiger partial charge in [-0.25, -0.2) is 4.39 Å². The van der Waals surface area contributed by atoms with Crippen molar-refractivity contribution in [2.24, 2.45) is 5.92 Å². The standard InChI is InChI=1S/C19H30FNO4/c1-4-21-18-8-7-16(13-17(18)20)25-12-6-10-23-9-5-11-24-14-19(22)15(2)3/h7-8,13,15,21H,4-6,9-12,14H2,1-3H3. The van der Waals surface area contributed by atoms with Crippen LogP contribution in [0.15, 0.2) is 18.2 Å². The summed E-state index contributed by atoms with van der Waals surface area (Å²) < 4.78 is 30.0. The van der Waals surface area contributed by atoms with E-state index < -0.39 is 0 Å². The average Bonchev–Trinajstić information content (AvgIpc) is 2.58. The second-order valence-electron chi connectivity index (χ2n) is 6.01. The minimum absolute atomic E-state index is 0.0174. The van der Waals surface area contributed by atoms with E-state index in [9.17, 15) is 9.18 Å². The zero-order valence-corrected chi connectivity index (χ0v) is 15.5. The van der Waals surface area contributed by atoms with Crippen LogP contribution >= 0.6 is 0 Å². The Labute approximate surface area is 149 Å². The summed E-state index contributed by atoms with van der Waals surface area (Å²) in [5.41, 5.74) is 0.482. The van der Waals surface area contributed by atoms with Crippen molar-refractivity contribution >= 4 is 11.5 Å². The molecule has 1 rings (SSSR count). The highest BCUT2D eigenvalue weighted by Crippen LogP contribution is 2.20. The van der Waals surface area contributed by atoms with Crippen molar-refractivity contribution in [2.75, 3.05) is 44.9 Å². The number of nitrogens with one attached hydrogen (secondary N) is 1. The largest absolute Gasteiger partial charge is 0.493 e. The van der Waals surface area contributed by atoms with E-state index in [4.69, 9.17) is 14.2 Å². The first-order valence-electron chi connectivity index (χ1n) is 8.89. The highest BCUT2D eigenvalue weighted by atomic mass is 19.1. The van der Waals surface area contributed by atoms with E-state index in [0.29, 0.717) is 44.4 Å². The lowest BCUT2D eigenvalue weighted by Crippen LogP contribution is -2.15. The topological polar surface area (TPSA) is 56.8 Å². The van der Waals surface area contributed by atoms with Crippen LogP contribution < -0.4 is 10.1 Å². The molecule has 0 spiro atoms. The number of ether oxygens (including phenoxy) is 3. The molecule has 1 aromatic carbocycles. The van der Waals surface area contributed by atoms with Gasteiger partial charge in [0.1, 0.15) is 18.2 Å². The zero-order chi connectivity index (χ0) is 18.5. The molecule has 25 heavy (non-hydrogen) atoms. The van der Waals surface area contributed by atoms with Crippen molar-refractivity contribution in [3.63, 3.8) is 0 Å². The van der Waals surface area contributed by atoms with E-state index in [-0.39, 0.29) is 24.1 Å².